The van der Waals surface area contributed by atoms with Crippen LogP contribution in [0.3, 0.4) is 0 Å². The van der Waals surface area contributed by atoms with Crippen molar-refractivity contribution >= 4 is 39.1 Å². The van der Waals surface area contributed by atoms with Gasteiger partial charge in [0.15, 0.2) is 0 Å². The highest BCUT2D eigenvalue weighted by atomic mass is 35.5. The highest BCUT2D eigenvalue weighted by Crippen LogP contribution is 2.30. The second kappa shape index (κ2) is 14.7. The normalized spacial score (nSPS) is 11.9. The van der Waals surface area contributed by atoms with Crippen LogP contribution >= 0.6 is 11.6 Å². The third kappa shape index (κ3) is 8.47. The predicted molar refractivity (Wildman–Crippen MR) is 159 cm³/mol. The molecule has 0 aliphatic carbocycles. The zero-order chi connectivity index (χ0) is 29.1. The van der Waals surface area contributed by atoms with Crippen molar-refractivity contribution in [3.8, 4) is 5.75 Å². The maximum Gasteiger partial charge on any atom is 0.244 e. The van der Waals surface area contributed by atoms with Gasteiger partial charge in [0.1, 0.15) is 18.3 Å². The smallest absolute Gasteiger partial charge is 0.244 e. The van der Waals surface area contributed by atoms with E-state index in [1.807, 2.05) is 37.3 Å². The zero-order valence-electron chi connectivity index (χ0n) is 23.0. The zero-order valence-corrected chi connectivity index (χ0v) is 24.6. The van der Waals surface area contributed by atoms with Gasteiger partial charge in [-0.05, 0) is 35.7 Å². The Morgan fingerprint density at radius 1 is 0.975 bits per heavy atom. The van der Waals surface area contributed by atoms with Crippen molar-refractivity contribution in [1.82, 2.24) is 10.2 Å². The van der Waals surface area contributed by atoms with Crippen LogP contribution in [0.2, 0.25) is 5.02 Å². The molecule has 3 rings (SSSR count). The number of nitrogens with zero attached hydrogens (tertiary/aromatic N) is 2. The number of anilines is 1. The average Bonchev–Trinajstić information content (AvgIpc) is 2.94. The first-order valence-corrected chi connectivity index (χ1v) is 15.3. The lowest BCUT2D eigenvalue weighted by atomic mass is 10.0. The first-order valence-electron chi connectivity index (χ1n) is 13.1. The van der Waals surface area contributed by atoms with Gasteiger partial charge >= 0.3 is 0 Å². The van der Waals surface area contributed by atoms with Crippen molar-refractivity contribution in [2.24, 2.45) is 0 Å². The third-order valence-electron chi connectivity index (χ3n) is 6.43. The number of amides is 2. The maximum absolute atomic E-state index is 14.1. The average molecular weight is 586 g/mol. The Labute approximate surface area is 241 Å². The molecule has 1 N–H and O–H groups in total. The number of sulfonamides is 1. The minimum atomic E-state index is -3.90. The molecule has 3 aromatic rings. The van der Waals surface area contributed by atoms with Crippen LogP contribution in [0.1, 0.15) is 30.9 Å². The van der Waals surface area contributed by atoms with Gasteiger partial charge in [0.25, 0.3) is 0 Å². The van der Waals surface area contributed by atoms with E-state index in [0.29, 0.717) is 22.9 Å². The number of benzene rings is 3. The molecule has 2 amide bonds. The molecule has 0 aliphatic rings. The SMILES string of the molecule is CCCCNC(=O)C(Cc1ccccc1)N(Cc1ccccc1Cl)C(=O)CN(c1ccccc1OC)S(C)(=O)=O. The highest BCUT2D eigenvalue weighted by molar-refractivity contribution is 7.92. The third-order valence-corrected chi connectivity index (χ3v) is 7.93. The molecule has 0 aliphatic heterocycles. The number of unbranched alkanes of at least 4 members (excludes halogenated alkanes) is 1. The Kier molecular flexibility index (Phi) is 11.4. The van der Waals surface area contributed by atoms with Gasteiger partial charge in [0.2, 0.25) is 21.8 Å². The number of hydrogen-bond acceptors (Lipinski definition) is 5. The minimum absolute atomic E-state index is 0.0146. The van der Waals surface area contributed by atoms with Crippen LogP contribution in [0.15, 0.2) is 78.9 Å². The summed E-state index contributed by atoms with van der Waals surface area (Å²) in [5, 5.41) is 3.40. The van der Waals surface area contributed by atoms with Gasteiger partial charge in [-0.2, -0.15) is 0 Å². The number of nitrogens with one attached hydrogen (secondary N) is 1. The molecule has 1 unspecified atom stereocenters. The topological polar surface area (TPSA) is 96.0 Å². The Morgan fingerprint density at radius 2 is 1.62 bits per heavy atom. The maximum atomic E-state index is 14.1. The van der Waals surface area contributed by atoms with Gasteiger partial charge in [-0.3, -0.25) is 13.9 Å². The van der Waals surface area contributed by atoms with Crippen LogP contribution in [0.25, 0.3) is 0 Å². The first-order chi connectivity index (χ1) is 19.2. The largest absolute Gasteiger partial charge is 0.495 e. The molecule has 0 radical (unpaired) electrons. The molecule has 1 atom stereocenters. The van der Waals surface area contributed by atoms with Gasteiger partial charge in [0.05, 0.1) is 19.1 Å². The molecule has 0 heterocycles. The van der Waals surface area contributed by atoms with Crippen LogP contribution < -0.4 is 14.4 Å². The molecule has 3 aromatic carbocycles. The molecule has 40 heavy (non-hydrogen) atoms. The number of carbonyl (C=O) groups excluding carboxylic acids is 2. The summed E-state index contributed by atoms with van der Waals surface area (Å²) in [4.78, 5) is 29.1. The van der Waals surface area contributed by atoms with Crippen LogP contribution in [-0.2, 0) is 32.6 Å². The summed E-state index contributed by atoms with van der Waals surface area (Å²) >= 11 is 6.47. The molecule has 0 fully saturated rings. The second-order valence-electron chi connectivity index (χ2n) is 9.40. The van der Waals surface area contributed by atoms with E-state index in [-0.39, 0.29) is 24.6 Å². The number of ether oxygens (including phenoxy) is 1. The lowest BCUT2D eigenvalue weighted by molar-refractivity contribution is -0.140. The fraction of sp³-hybridized carbons (Fsp3) is 0.333. The summed E-state index contributed by atoms with van der Waals surface area (Å²) in [6.07, 6.45) is 2.96. The monoisotopic (exact) mass is 585 g/mol. The van der Waals surface area contributed by atoms with Crippen molar-refractivity contribution in [2.75, 3.05) is 30.8 Å². The van der Waals surface area contributed by atoms with Gasteiger partial charge in [-0.15, -0.1) is 0 Å². The van der Waals surface area contributed by atoms with E-state index in [9.17, 15) is 18.0 Å². The molecule has 0 saturated heterocycles. The summed E-state index contributed by atoms with van der Waals surface area (Å²) in [5.41, 5.74) is 1.73. The summed E-state index contributed by atoms with van der Waals surface area (Å²) < 4.78 is 32.3. The van der Waals surface area contributed by atoms with E-state index in [2.05, 4.69) is 5.32 Å². The van der Waals surface area contributed by atoms with E-state index < -0.39 is 28.5 Å². The predicted octanol–water partition coefficient (Wildman–Crippen LogP) is 4.67. The number of carbonyl (C=O) groups is 2. The summed E-state index contributed by atoms with van der Waals surface area (Å²) in [6.45, 7) is 1.97. The Morgan fingerprint density at radius 3 is 2.27 bits per heavy atom. The van der Waals surface area contributed by atoms with Crippen molar-refractivity contribution in [3.05, 3.63) is 95.0 Å². The number of para-hydroxylation sites is 2. The Bertz CT molecular complexity index is 1380. The van der Waals surface area contributed by atoms with Crippen molar-refractivity contribution in [2.45, 2.75) is 38.8 Å². The van der Waals surface area contributed by atoms with Gasteiger partial charge in [-0.25, -0.2) is 8.42 Å². The van der Waals surface area contributed by atoms with E-state index in [1.165, 1.54) is 12.0 Å². The molecule has 0 aromatic heterocycles. The molecule has 0 bridgehead atoms. The van der Waals surface area contributed by atoms with Gasteiger partial charge in [-0.1, -0.05) is 85.6 Å². The molecule has 0 saturated carbocycles. The van der Waals surface area contributed by atoms with E-state index >= 15 is 0 Å². The number of hydrogen-bond donors (Lipinski definition) is 1. The lowest BCUT2D eigenvalue weighted by Crippen LogP contribution is -2.53. The Balaban J connectivity index is 2.06. The Hall–Kier alpha value is -3.56. The quantitative estimate of drug-likeness (QED) is 0.277. The summed E-state index contributed by atoms with van der Waals surface area (Å²) in [5.74, 6) is -0.569. The van der Waals surface area contributed by atoms with E-state index in [4.69, 9.17) is 16.3 Å². The second-order valence-corrected chi connectivity index (χ2v) is 11.7. The molecular formula is C30H36ClN3O5S. The molecule has 10 heteroatoms. The van der Waals surface area contributed by atoms with E-state index in [1.54, 1.807) is 48.5 Å². The van der Waals surface area contributed by atoms with Crippen molar-refractivity contribution in [3.63, 3.8) is 0 Å². The first kappa shape index (κ1) is 31.0. The molecule has 214 valence electrons. The van der Waals surface area contributed by atoms with Gasteiger partial charge in [0, 0.05) is 24.5 Å². The molecular weight excluding hydrogens is 550 g/mol. The minimum Gasteiger partial charge on any atom is -0.495 e. The highest BCUT2D eigenvalue weighted by Gasteiger charge is 2.33. The molecule has 0 spiro atoms. The number of halogens is 1. The van der Waals surface area contributed by atoms with Crippen LogP contribution in [-0.4, -0.2) is 57.6 Å². The van der Waals surface area contributed by atoms with Crippen LogP contribution in [0, 0.1) is 0 Å². The molecule has 8 nitrogen and oxygen atoms in total. The number of methoxy groups -OCH3 is 1. The number of rotatable bonds is 14. The van der Waals surface area contributed by atoms with Crippen LogP contribution in [0.5, 0.6) is 5.75 Å². The lowest BCUT2D eigenvalue weighted by Gasteiger charge is -2.34. The van der Waals surface area contributed by atoms with Crippen molar-refractivity contribution < 1.29 is 22.7 Å². The standard InChI is InChI=1S/C30H36ClN3O5S/c1-4-5-19-32-30(36)27(20-23-13-7-6-8-14-23)33(21-24-15-9-10-16-25(24)31)29(35)22-34(40(3,37)38)26-17-11-12-18-28(26)39-2/h6-18,27H,4-5,19-22H2,1-3H3,(H,32,36). The summed E-state index contributed by atoms with van der Waals surface area (Å²) in [6, 6.07) is 22.1. The summed E-state index contributed by atoms with van der Waals surface area (Å²) in [7, 11) is -2.47. The fourth-order valence-corrected chi connectivity index (χ4v) is 5.35. The van der Waals surface area contributed by atoms with Crippen molar-refractivity contribution in [1.29, 1.82) is 0 Å². The van der Waals surface area contributed by atoms with E-state index in [0.717, 1.165) is 29.0 Å². The van der Waals surface area contributed by atoms with Gasteiger partial charge < -0.3 is 15.0 Å². The van der Waals surface area contributed by atoms with Crippen LogP contribution in [0.4, 0.5) is 5.69 Å². The fourth-order valence-electron chi connectivity index (χ4n) is 4.30.